The molecule has 2 heteroatoms. The number of methoxy groups -OCH3 is 1. The SMILES string of the molecule is COC1=NC(C)(C)[C@@]2(C)C[C@@H]12. The van der Waals surface area contributed by atoms with E-state index in [2.05, 4.69) is 25.8 Å². The van der Waals surface area contributed by atoms with Crippen molar-refractivity contribution >= 4 is 5.90 Å². The van der Waals surface area contributed by atoms with Gasteiger partial charge in [-0.15, -0.1) is 0 Å². The molecule has 2 aliphatic rings. The van der Waals surface area contributed by atoms with E-state index in [0.717, 1.165) is 5.90 Å². The topological polar surface area (TPSA) is 21.6 Å². The van der Waals surface area contributed by atoms with Crippen molar-refractivity contribution in [3.63, 3.8) is 0 Å². The molecule has 1 saturated carbocycles. The molecule has 2 atom stereocenters. The minimum atomic E-state index is 0.100. The molecule has 0 spiro atoms. The van der Waals surface area contributed by atoms with Gasteiger partial charge in [0.25, 0.3) is 0 Å². The third kappa shape index (κ3) is 0.652. The number of aliphatic imine (C=N–C) groups is 1. The Kier molecular flexibility index (Phi) is 1.05. The molecule has 2 nitrogen and oxygen atoms in total. The first-order valence-electron chi connectivity index (χ1n) is 4.15. The zero-order valence-corrected chi connectivity index (χ0v) is 7.64. The maximum absolute atomic E-state index is 5.22. The van der Waals surface area contributed by atoms with Crippen LogP contribution in [0.25, 0.3) is 0 Å². The first-order chi connectivity index (χ1) is 5.01. The molecular weight excluding hydrogens is 138 g/mol. The van der Waals surface area contributed by atoms with Gasteiger partial charge in [-0.3, -0.25) is 0 Å². The van der Waals surface area contributed by atoms with Crippen molar-refractivity contribution in [1.82, 2.24) is 0 Å². The van der Waals surface area contributed by atoms with Gasteiger partial charge < -0.3 is 4.74 Å². The van der Waals surface area contributed by atoms with Crippen LogP contribution >= 0.6 is 0 Å². The van der Waals surface area contributed by atoms with Crippen LogP contribution in [0.4, 0.5) is 0 Å². The molecule has 1 heterocycles. The number of ether oxygens (including phenoxy) is 1. The third-order valence-electron chi connectivity index (χ3n) is 3.53. The van der Waals surface area contributed by atoms with E-state index in [9.17, 15) is 0 Å². The lowest BCUT2D eigenvalue weighted by atomic mass is 9.87. The van der Waals surface area contributed by atoms with Crippen LogP contribution in [0.15, 0.2) is 4.99 Å². The Morgan fingerprint density at radius 2 is 2.09 bits per heavy atom. The fourth-order valence-corrected chi connectivity index (χ4v) is 2.07. The molecule has 0 aromatic heterocycles. The van der Waals surface area contributed by atoms with Crippen LogP contribution < -0.4 is 0 Å². The molecular formula is C9H15NO. The number of fused-ring (bicyclic) bond motifs is 1. The summed E-state index contributed by atoms with van der Waals surface area (Å²) in [4.78, 5) is 4.54. The first kappa shape index (κ1) is 7.14. The van der Waals surface area contributed by atoms with Crippen LogP contribution in [0.1, 0.15) is 27.2 Å². The third-order valence-corrected chi connectivity index (χ3v) is 3.53. The van der Waals surface area contributed by atoms with Crippen LogP contribution in [0, 0.1) is 11.3 Å². The Balaban J connectivity index is 2.33. The lowest BCUT2D eigenvalue weighted by molar-refractivity contribution is 0.334. The number of hydrogen-bond acceptors (Lipinski definition) is 2. The van der Waals surface area contributed by atoms with E-state index in [1.54, 1.807) is 7.11 Å². The van der Waals surface area contributed by atoms with Crippen molar-refractivity contribution in [3.8, 4) is 0 Å². The van der Waals surface area contributed by atoms with Crippen LogP contribution in [-0.2, 0) is 4.74 Å². The smallest absolute Gasteiger partial charge is 0.187 e. The number of nitrogens with zero attached hydrogens (tertiary/aromatic N) is 1. The molecule has 0 N–H and O–H groups in total. The van der Waals surface area contributed by atoms with Gasteiger partial charge in [-0.2, -0.15) is 0 Å². The van der Waals surface area contributed by atoms with Crippen molar-refractivity contribution in [2.75, 3.05) is 7.11 Å². The zero-order valence-electron chi connectivity index (χ0n) is 7.64. The van der Waals surface area contributed by atoms with E-state index in [4.69, 9.17) is 4.74 Å². The highest BCUT2D eigenvalue weighted by molar-refractivity contribution is 5.86. The molecule has 11 heavy (non-hydrogen) atoms. The fraction of sp³-hybridized carbons (Fsp3) is 0.889. The summed E-state index contributed by atoms with van der Waals surface area (Å²) in [5.41, 5.74) is 0.501. The summed E-state index contributed by atoms with van der Waals surface area (Å²) in [5, 5.41) is 0. The van der Waals surface area contributed by atoms with E-state index < -0.39 is 0 Å². The molecule has 0 bridgehead atoms. The molecule has 1 fully saturated rings. The van der Waals surface area contributed by atoms with Gasteiger partial charge in [0.15, 0.2) is 5.90 Å². The highest BCUT2D eigenvalue weighted by atomic mass is 16.5. The van der Waals surface area contributed by atoms with Gasteiger partial charge in [-0.05, 0) is 20.3 Å². The Hall–Kier alpha value is -0.530. The lowest BCUT2D eigenvalue weighted by Crippen LogP contribution is -2.26. The molecule has 62 valence electrons. The van der Waals surface area contributed by atoms with Gasteiger partial charge in [0, 0.05) is 11.3 Å². The van der Waals surface area contributed by atoms with E-state index in [0.29, 0.717) is 11.3 Å². The van der Waals surface area contributed by atoms with E-state index in [-0.39, 0.29) is 5.54 Å². The maximum Gasteiger partial charge on any atom is 0.187 e. The van der Waals surface area contributed by atoms with Gasteiger partial charge in [0.1, 0.15) is 0 Å². The maximum atomic E-state index is 5.22. The van der Waals surface area contributed by atoms with Gasteiger partial charge in [0.05, 0.1) is 12.6 Å². The molecule has 0 aromatic carbocycles. The number of hydrogen-bond donors (Lipinski definition) is 0. The highest BCUT2D eigenvalue weighted by Gasteiger charge is 2.66. The summed E-state index contributed by atoms with van der Waals surface area (Å²) in [6, 6.07) is 0. The van der Waals surface area contributed by atoms with E-state index in [1.807, 2.05) is 0 Å². The molecule has 0 unspecified atom stereocenters. The average molecular weight is 153 g/mol. The van der Waals surface area contributed by atoms with Gasteiger partial charge in [-0.25, -0.2) is 4.99 Å². The van der Waals surface area contributed by atoms with E-state index in [1.165, 1.54) is 6.42 Å². The molecule has 1 aliphatic carbocycles. The van der Waals surface area contributed by atoms with Crippen molar-refractivity contribution in [3.05, 3.63) is 0 Å². The minimum Gasteiger partial charge on any atom is -0.484 e. The Morgan fingerprint density at radius 1 is 1.45 bits per heavy atom. The molecule has 0 aromatic rings. The predicted octanol–water partition coefficient (Wildman–Crippen LogP) is 1.85. The predicted molar refractivity (Wildman–Crippen MR) is 44.7 cm³/mol. The van der Waals surface area contributed by atoms with Crippen LogP contribution in [-0.4, -0.2) is 18.5 Å². The zero-order chi connectivity index (χ0) is 8.28. The summed E-state index contributed by atoms with van der Waals surface area (Å²) >= 11 is 0. The highest BCUT2D eigenvalue weighted by Crippen LogP contribution is 2.65. The minimum absolute atomic E-state index is 0.100. The fourth-order valence-electron chi connectivity index (χ4n) is 2.07. The normalized spacial score (nSPS) is 44.7. The van der Waals surface area contributed by atoms with Gasteiger partial charge in [0.2, 0.25) is 0 Å². The second-order valence-corrected chi connectivity index (χ2v) is 4.39. The summed E-state index contributed by atoms with van der Waals surface area (Å²) in [6.45, 7) is 6.69. The van der Waals surface area contributed by atoms with Crippen molar-refractivity contribution in [2.45, 2.75) is 32.7 Å². The summed E-state index contributed by atoms with van der Waals surface area (Å²) in [5.74, 6) is 1.58. The van der Waals surface area contributed by atoms with Crippen molar-refractivity contribution in [2.24, 2.45) is 16.3 Å². The largest absolute Gasteiger partial charge is 0.484 e. The Morgan fingerprint density at radius 3 is 2.27 bits per heavy atom. The average Bonchev–Trinajstić information content (AvgIpc) is 2.54. The van der Waals surface area contributed by atoms with Gasteiger partial charge >= 0.3 is 0 Å². The molecule has 1 aliphatic heterocycles. The summed E-state index contributed by atoms with van der Waals surface area (Å²) in [7, 11) is 1.72. The molecule has 0 amide bonds. The molecule has 2 rings (SSSR count). The quantitative estimate of drug-likeness (QED) is 0.520. The number of rotatable bonds is 0. The second kappa shape index (κ2) is 1.62. The van der Waals surface area contributed by atoms with Crippen molar-refractivity contribution < 1.29 is 4.74 Å². The van der Waals surface area contributed by atoms with Crippen LogP contribution in [0.5, 0.6) is 0 Å². The van der Waals surface area contributed by atoms with Gasteiger partial charge in [-0.1, -0.05) is 6.92 Å². The van der Waals surface area contributed by atoms with E-state index >= 15 is 0 Å². The van der Waals surface area contributed by atoms with Crippen molar-refractivity contribution in [1.29, 1.82) is 0 Å². The van der Waals surface area contributed by atoms with Crippen LogP contribution in [0.3, 0.4) is 0 Å². The lowest BCUT2D eigenvalue weighted by Gasteiger charge is -2.23. The summed E-state index contributed by atoms with van der Waals surface area (Å²) < 4.78 is 5.22. The van der Waals surface area contributed by atoms with Crippen LogP contribution in [0.2, 0.25) is 0 Å². The first-order valence-corrected chi connectivity index (χ1v) is 4.15. The molecule has 0 saturated heterocycles. The second-order valence-electron chi connectivity index (χ2n) is 4.39. The summed E-state index contributed by atoms with van der Waals surface area (Å²) in [6.07, 6.45) is 1.26. The Bertz CT molecular complexity index is 232. The molecule has 0 radical (unpaired) electrons. The standard InChI is InChI=1S/C9H15NO/c1-8(2)9(3)5-6(9)7(10-8)11-4/h6H,5H2,1-4H3/t6-,9-/m0/s1. The Labute approximate surface area is 67.7 Å². The monoisotopic (exact) mass is 153 g/mol.